The number of thiazole rings is 1. The molecule has 21 heavy (non-hydrogen) atoms. The number of fused-ring (bicyclic) bond motifs is 1. The first-order valence-corrected chi connectivity index (χ1v) is 9.48. The van der Waals surface area contributed by atoms with Gasteiger partial charge in [0.1, 0.15) is 10.3 Å². The van der Waals surface area contributed by atoms with Crippen LogP contribution in [0.1, 0.15) is 27.7 Å². The number of rotatable bonds is 6. The summed E-state index contributed by atoms with van der Waals surface area (Å²) in [6.07, 6.45) is 1.65. The smallest absolute Gasteiger partial charge is 0.211 e. The number of pyridine rings is 1. The highest BCUT2D eigenvalue weighted by molar-refractivity contribution is 7.93. The van der Waals surface area contributed by atoms with E-state index in [1.165, 1.54) is 0 Å². The third kappa shape index (κ3) is 3.78. The Morgan fingerprint density at radius 3 is 2.48 bits per heavy atom. The van der Waals surface area contributed by atoms with Gasteiger partial charge in [0.15, 0.2) is 0 Å². The SMILES string of the molecule is CC(C)N(CCS(=O)(=O)c1nc2cccnc2s1)C(C)C. The third-order valence-corrected chi connectivity index (χ3v) is 6.49. The molecule has 2 rings (SSSR count). The molecule has 0 amide bonds. The molecule has 0 aliphatic rings. The average molecular weight is 327 g/mol. The van der Waals surface area contributed by atoms with Crippen molar-refractivity contribution in [3.63, 3.8) is 0 Å². The lowest BCUT2D eigenvalue weighted by Crippen LogP contribution is -2.40. The molecule has 0 radical (unpaired) electrons. The van der Waals surface area contributed by atoms with Crippen LogP contribution in [0.4, 0.5) is 0 Å². The summed E-state index contributed by atoms with van der Waals surface area (Å²) in [4.78, 5) is 11.2. The van der Waals surface area contributed by atoms with Crippen LogP contribution < -0.4 is 0 Å². The van der Waals surface area contributed by atoms with E-state index in [-0.39, 0.29) is 10.1 Å². The Morgan fingerprint density at radius 1 is 1.24 bits per heavy atom. The molecule has 2 aromatic rings. The van der Waals surface area contributed by atoms with E-state index in [9.17, 15) is 8.42 Å². The van der Waals surface area contributed by atoms with Crippen molar-refractivity contribution in [3.05, 3.63) is 18.3 Å². The van der Waals surface area contributed by atoms with Gasteiger partial charge in [0.05, 0.1) is 5.75 Å². The maximum absolute atomic E-state index is 12.4. The van der Waals surface area contributed by atoms with Crippen molar-refractivity contribution in [1.29, 1.82) is 0 Å². The van der Waals surface area contributed by atoms with Crippen LogP contribution in [0, 0.1) is 0 Å². The van der Waals surface area contributed by atoms with Gasteiger partial charge in [-0.15, -0.1) is 0 Å². The third-order valence-electron chi connectivity index (χ3n) is 3.36. The minimum Gasteiger partial charge on any atom is -0.298 e. The minimum atomic E-state index is -3.36. The molecule has 116 valence electrons. The van der Waals surface area contributed by atoms with E-state index in [1.807, 2.05) is 0 Å². The summed E-state index contributed by atoms with van der Waals surface area (Å²) in [7, 11) is -3.36. The topological polar surface area (TPSA) is 63.2 Å². The second-order valence-electron chi connectivity index (χ2n) is 5.55. The van der Waals surface area contributed by atoms with Crippen molar-refractivity contribution >= 4 is 31.5 Å². The lowest BCUT2D eigenvalue weighted by atomic mass is 10.2. The quantitative estimate of drug-likeness (QED) is 0.816. The molecule has 0 saturated heterocycles. The Morgan fingerprint density at radius 2 is 1.90 bits per heavy atom. The van der Waals surface area contributed by atoms with Gasteiger partial charge in [0, 0.05) is 24.8 Å². The van der Waals surface area contributed by atoms with Crippen molar-refractivity contribution in [3.8, 4) is 0 Å². The molecule has 7 heteroatoms. The number of aromatic nitrogens is 2. The zero-order chi connectivity index (χ0) is 15.6. The van der Waals surface area contributed by atoms with Crippen LogP contribution in [-0.2, 0) is 9.84 Å². The van der Waals surface area contributed by atoms with Crippen molar-refractivity contribution in [2.75, 3.05) is 12.3 Å². The van der Waals surface area contributed by atoms with E-state index in [2.05, 4.69) is 42.6 Å². The summed E-state index contributed by atoms with van der Waals surface area (Å²) in [5.74, 6) is 0.0865. The van der Waals surface area contributed by atoms with Gasteiger partial charge in [-0.05, 0) is 39.8 Å². The first kappa shape index (κ1) is 16.3. The molecule has 0 N–H and O–H groups in total. The Labute approximate surface area is 129 Å². The molecule has 0 fully saturated rings. The monoisotopic (exact) mass is 327 g/mol. The molecular formula is C14H21N3O2S2. The van der Waals surface area contributed by atoms with Gasteiger partial charge in [-0.3, -0.25) is 4.90 Å². The fourth-order valence-corrected chi connectivity index (χ4v) is 4.81. The van der Waals surface area contributed by atoms with Crippen molar-refractivity contribution < 1.29 is 8.42 Å². The Bertz CT molecular complexity index is 667. The highest BCUT2D eigenvalue weighted by Gasteiger charge is 2.23. The Hall–Kier alpha value is -1.05. The predicted octanol–water partition coefficient (Wildman–Crippen LogP) is 2.58. The maximum Gasteiger partial charge on any atom is 0.211 e. The van der Waals surface area contributed by atoms with Crippen molar-refractivity contribution in [2.24, 2.45) is 0 Å². The summed E-state index contributed by atoms with van der Waals surface area (Å²) < 4.78 is 25.1. The van der Waals surface area contributed by atoms with Crippen LogP contribution in [0.5, 0.6) is 0 Å². The molecule has 0 unspecified atom stereocenters. The van der Waals surface area contributed by atoms with Gasteiger partial charge in [-0.25, -0.2) is 18.4 Å². The van der Waals surface area contributed by atoms with Crippen molar-refractivity contribution in [1.82, 2.24) is 14.9 Å². The van der Waals surface area contributed by atoms with E-state index in [4.69, 9.17) is 0 Å². The largest absolute Gasteiger partial charge is 0.298 e. The van der Waals surface area contributed by atoms with E-state index in [0.717, 1.165) is 11.3 Å². The zero-order valence-corrected chi connectivity index (χ0v) is 14.4. The van der Waals surface area contributed by atoms with E-state index < -0.39 is 9.84 Å². The number of hydrogen-bond acceptors (Lipinski definition) is 6. The van der Waals surface area contributed by atoms with Gasteiger partial charge >= 0.3 is 0 Å². The lowest BCUT2D eigenvalue weighted by Gasteiger charge is -2.30. The highest BCUT2D eigenvalue weighted by atomic mass is 32.2. The van der Waals surface area contributed by atoms with E-state index in [1.54, 1.807) is 18.3 Å². The molecule has 2 heterocycles. The molecule has 0 aromatic carbocycles. The first-order valence-electron chi connectivity index (χ1n) is 7.01. The fraction of sp³-hybridized carbons (Fsp3) is 0.571. The molecule has 0 aliphatic carbocycles. The molecule has 0 aliphatic heterocycles. The summed E-state index contributed by atoms with van der Waals surface area (Å²) in [5, 5.41) is 0. The second kappa shape index (κ2) is 6.37. The molecule has 0 saturated carbocycles. The molecule has 2 aromatic heterocycles. The van der Waals surface area contributed by atoms with E-state index in [0.29, 0.717) is 29.0 Å². The fourth-order valence-electron chi connectivity index (χ4n) is 2.31. The molecular weight excluding hydrogens is 306 g/mol. The van der Waals surface area contributed by atoms with Crippen molar-refractivity contribution in [2.45, 2.75) is 44.1 Å². The predicted molar refractivity (Wildman–Crippen MR) is 86.4 cm³/mol. The summed E-state index contributed by atoms with van der Waals surface area (Å²) in [6, 6.07) is 4.18. The molecule has 0 bridgehead atoms. The van der Waals surface area contributed by atoms with Crippen LogP contribution in [0.3, 0.4) is 0 Å². The minimum absolute atomic E-state index is 0.0865. The molecule has 0 spiro atoms. The first-order chi connectivity index (χ1) is 9.81. The second-order valence-corrected chi connectivity index (χ2v) is 8.81. The molecule has 0 atom stereocenters. The van der Waals surface area contributed by atoms with Gasteiger partial charge < -0.3 is 0 Å². The number of sulfone groups is 1. The average Bonchev–Trinajstić information content (AvgIpc) is 2.82. The highest BCUT2D eigenvalue weighted by Crippen LogP contribution is 2.24. The van der Waals surface area contributed by atoms with E-state index >= 15 is 0 Å². The zero-order valence-electron chi connectivity index (χ0n) is 12.8. The number of hydrogen-bond donors (Lipinski definition) is 0. The van der Waals surface area contributed by atoms with Gasteiger partial charge in [-0.2, -0.15) is 0 Å². The van der Waals surface area contributed by atoms with Crippen LogP contribution in [-0.4, -0.2) is 47.7 Å². The van der Waals surface area contributed by atoms with Crippen LogP contribution >= 0.6 is 11.3 Å². The lowest BCUT2D eigenvalue weighted by molar-refractivity contribution is 0.186. The van der Waals surface area contributed by atoms with Crippen LogP contribution in [0.15, 0.2) is 22.7 Å². The molecule has 5 nitrogen and oxygen atoms in total. The van der Waals surface area contributed by atoms with Gasteiger partial charge in [0.2, 0.25) is 14.2 Å². The summed E-state index contributed by atoms with van der Waals surface area (Å²) >= 11 is 1.14. The summed E-state index contributed by atoms with van der Waals surface area (Å²) in [6.45, 7) is 8.83. The van der Waals surface area contributed by atoms with Gasteiger partial charge in [0.25, 0.3) is 0 Å². The normalized spacial score (nSPS) is 12.9. The standard InChI is InChI=1S/C14H21N3O2S2/c1-10(2)17(11(3)4)8-9-21(18,19)14-16-12-6-5-7-15-13(12)20-14/h5-7,10-11H,8-9H2,1-4H3. The van der Waals surface area contributed by atoms with Gasteiger partial charge in [-0.1, -0.05) is 11.3 Å². The number of nitrogens with zero attached hydrogens (tertiary/aromatic N) is 3. The summed E-state index contributed by atoms with van der Waals surface area (Å²) in [5.41, 5.74) is 0.644. The Kier molecular flexibility index (Phi) is 4.95. The van der Waals surface area contributed by atoms with Crippen LogP contribution in [0.25, 0.3) is 10.3 Å². The van der Waals surface area contributed by atoms with Crippen LogP contribution in [0.2, 0.25) is 0 Å². The maximum atomic E-state index is 12.4. The Balaban J connectivity index is 2.18.